The minimum absolute atomic E-state index is 0.134. The highest BCUT2D eigenvalue weighted by Crippen LogP contribution is 2.13. The topological polar surface area (TPSA) is 75.7 Å². The Hall–Kier alpha value is -2.37. The van der Waals surface area contributed by atoms with Crippen molar-refractivity contribution in [2.24, 2.45) is 0 Å². The van der Waals surface area contributed by atoms with Gasteiger partial charge in [-0.25, -0.2) is 4.79 Å². The summed E-state index contributed by atoms with van der Waals surface area (Å²) in [6.45, 7) is 3.53. The fourth-order valence-electron chi connectivity index (χ4n) is 2.50. The number of nitrogens with one attached hydrogen (secondary N) is 1. The lowest BCUT2D eigenvalue weighted by Gasteiger charge is -2.26. The summed E-state index contributed by atoms with van der Waals surface area (Å²) in [6.07, 6.45) is 2.99. The summed E-state index contributed by atoms with van der Waals surface area (Å²) in [7, 11) is 0. The highest BCUT2D eigenvalue weighted by Gasteiger charge is 2.19. The predicted molar refractivity (Wildman–Crippen MR) is 86.1 cm³/mol. The smallest absolute Gasteiger partial charge is 0.338 e. The number of carbonyl (C=O) groups is 3. The molecule has 1 fully saturated rings. The number of amides is 2. The van der Waals surface area contributed by atoms with Gasteiger partial charge in [0, 0.05) is 18.8 Å². The van der Waals surface area contributed by atoms with Gasteiger partial charge in [0.25, 0.3) is 0 Å². The predicted octanol–water partition coefficient (Wildman–Crippen LogP) is 2.20. The molecule has 0 spiro atoms. The summed E-state index contributed by atoms with van der Waals surface area (Å²) in [5, 5.41) is 2.67. The molecule has 1 aliphatic heterocycles. The van der Waals surface area contributed by atoms with E-state index in [0.717, 1.165) is 32.4 Å². The zero-order valence-corrected chi connectivity index (χ0v) is 13.3. The summed E-state index contributed by atoms with van der Waals surface area (Å²) in [5.41, 5.74) is 0.976. The first-order valence-corrected chi connectivity index (χ1v) is 7.95. The van der Waals surface area contributed by atoms with E-state index < -0.39 is 5.97 Å². The number of piperidine rings is 1. The van der Waals surface area contributed by atoms with E-state index in [2.05, 4.69) is 5.32 Å². The van der Waals surface area contributed by atoms with Gasteiger partial charge in [-0.1, -0.05) is 0 Å². The molecule has 6 nitrogen and oxygen atoms in total. The van der Waals surface area contributed by atoms with Crippen LogP contribution in [0.4, 0.5) is 5.69 Å². The SMILES string of the molecule is CCOC(=O)c1ccc(NC(=O)CC(=O)N2CCCCC2)cc1. The van der Waals surface area contributed by atoms with Gasteiger partial charge < -0.3 is 15.0 Å². The van der Waals surface area contributed by atoms with E-state index in [1.165, 1.54) is 0 Å². The van der Waals surface area contributed by atoms with Crippen molar-refractivity contribution >= 4 is 23.5 Å². The van der Waals surface area contributed by atoms with E-state index in [1.807, 2.05) is 0 Å². The Morgan fingerprint density at radius 2 is 1.74 bits per heavy atom. The Morgan fingerprint density at radius 3 is 2.35 bits per heavy atom. The summed E-state index contributed by atoms with van der Waals surface area (Å²) in [4.78, 5) is 37.2. The number of anilines is 1. The molecule has 0 aromatic heterocycles. The monoisotopic (exact) mass is 318 g/mol. The van der Waals surface area contributed by atoms with Crippen molar-refractivity contribution in [1.29, 1.82) is 0 Å². The highest BCUT2D eigenvalue weighted by molar-refractivity contribution is 6.03. The summed E-state index contributed by atoms with van der Waals surface area (Å²) >= 11 is 0. The van der Waals surface area contributed by atoms with E-state index in [4.69, 9.17) is 4.74 Å². The quantitative estimate of drug-likeness (QED) is 0.667. The molecule has 1 saturated heterocycles. The Balaban J connectivity index is 1.85. The molecule has 0 atom stereocenters. The number of hydrogen-bond acceptors (Lipinski definition) is 4. The molecular formula is C17H22N2O4. The van der Waals surface area contributed by atoms with Crippen molar-refractivity contribution in [2.45, 2.75) is 32.6 Å². The standard InChI is InChI=1S/C17H22N2O4/c1-2-23-17(22)13-6-8-14(9-7-13)18-15(20)12-16(21)19-10-4-3-5-11-19/h6-9H,2-5,10-12H2,1H3,(H,18,20). The molecule has 1 heterocycles. The van der Waals surface area contributed by atoms with Crippen LogP contribution < -0.4 is 5.32 Å². The van der Waals surface area contributed by atoms with Gasteiger partial charge >= 0.3 is 5.97 Å². The lowest BCUT2D eigenvalue weighted by atomic mass is 10.1. The molecule has 0 radical (unpaired) electrons. The fourth-order valence-corrected chi connectivity index (χ4v) is 2.50. The van der Waals surface area contributed by atoms with Crippen LogP contribution in [0.25, 0.3) is 0 Å². The number of esters is 1. The molecule has 6 heteroatoms. The molecule has 2 amide bonds. The van der Waals surface area contributed by atoms with Crippen molar-refractivity contribution in [3.05, 3.63) is 29.8 Å². The van der Waals surface area contributed by atoms with Crippen LogP contribution in [0, 0.1) is 0 Å². The average Bonchev–Trinajstić information content (AvgIpc) is 2.56. The van der Waals surface area contributed by atoms with Gasteiger partial charge in [0.2, 0.25) is 11.8 Å². The van der Waals surface area contributed by atoms with Crippen LogP contribution in [-0.4, -0.2) is 42.4 Å². The maximum absolute atomic E-state index is 12.0. The van der Waals surface area contributed by atoms with Gasteiger partial charge in [0.15, 0.2) is 0 Å². The molecule has 1 N–H and O–H groups in total. The molecule has 0 saturated carbocycles. The Kier molecular flexibility index (Phi) is 6.14. The second-order valence-corrected chi connectivity index (χ2v) is 5.46. The third kappa shape index (κ3) is 5.09. The first-order valence-electron chi connectivity index (χ1n) is 7.95. The van der Waals surface area contributed by atoms with Gasteiger partial charge in [0.05, 0.1) is 12.2 Å². The molecule has 0 aliphatic carbocycles. The average molecular weight is 318 g/mol. The minimum Gasteiger partial charge on any atom is -0.462 e. The lowest BCUT2D eigenvalue weighted by Crippen LogP contribution is -2.37. The molecule has 23 heavy (non-hydrogen) atoms. The van der Waals surface area contributed by atoms with Crippen LogP contribution in [0.2, 0.25) is 0 Å². The normalized spacial score (nSPS) is 14.2. The highest BCUT2D eigenvalue weighted by atomic mass is 16.5. The summed E-state index contributed by atoms with van der Waals surface area (Å²) < 4.78 is 4.89. The molecule has 0 unspecified atom stereocenters. The lowest BCUT2D eigenvalue weighted by molar-refractivity contribution is -0.135. The third-order valence-electron chi connectivity index (χ3n) is 3.70. The molecular weight excluding hydrogens is 296 g/mol. The van der Waals surface area contributed by atoms with Gasteiger partial charge in [-0.3, -0.25) is 9.59 Å². The minimum atomic E-state index is -0.398. The first-order chi connectivity index (χ1) is 11.1. The van der Waals surface area contributed by atoms with Crippen LogP contribution in [-0.2, 0) is 14.3 Å². The van der Waals surface area contributed by atoms with E-state index >= 15 is 0 Å². The number of carbonyl (C=O) groups excluding carboxylic acids is 3. The largest absolute Gasteiger partial charge is 0.462 e. The van der Waals surface area contributed by atoms with E-state index in [9.17, 15) is 14.4 Å². The van der Waals surface area contributed by atoms with Crippen molar-refractivity contribution in [3.8, 4) is 0 Å². The van der Waals surface area contributed by atoms with Crippen LogP contribution in [0.15, 0.2) is 24.3 Å². The van der Waals surface area contributed by atoms with Crippen molar-refractivity contribution in [1.82, 2.24) is 4.90 Å². The van der Waals surface area contributed by atoms with Crippen molar-refractivity contribution < 1.29 is 19.1 Å². The van der Waals surface area contributed by atoms with Gasteiger partial charge in [-0.05, 0) is 50.5 Å². The number of hydrogen-bond donors (Lipinski definition) is 1. The van der Waals surface area contributed by atoms with E-state index in [1.54, 1.807) is 36.1 Å². The fraction of sp³-hybridized carbons (Fsp3) is 0.471. The molecule has 1 aromatic carbocycles. The second-order valence-electron chi connectivity index (χ2n) is 5.46. The van der Waals surface area contributed by atoms with E-state index in [-0.39, 0.29) is 18.2 Å². The maximum Gasteiger partial charge on any atom is 0.338 e. The van der Waals surface area contributed by atoms with Gasteiger partial charge in [0.1, 0.15) is 6.42 Å². The Bertz CT molecular complexity index is 562. The van der Waals surface area contributed by atoms with E-state index in [0.29, 0.717) is 17.9 Å². The Labute approximate surface area is 135 Å². The maximum atomic E-state index is 12.0. The number of likely N-dealkylation sites (tertiary alicyclic amines) is 1. The van der Waals surface area contributed by atoms with Crippen LogP contribution in [0.5, 0.6) is 0 Å². The summed E-state index contributed by atoms with van der Waals surface area (Å²) in [6, 6.07) is 6.41. The van der Waals surface area contributed by atoms with Crippen molar-refractivity contribution in [2.75, 3.05) is 25.0 Å². The van der Waals surface area contributed by atoms with Crippen LogP contribution in [0.3, 0.4) is 0 Å². The van der Waals surface area contributed by atoms with Gasteiger partial charge in [-0.2, -0.15) is 0 Å². The first kappa shape index (κ1) is 17.0. The van der Waals surface area contributed by atoms with Crippen LogP contribution in [0.1, 0.15) is 43.0 Å². The van der Waals surface area contributed by atoms with Gasteiger partial charge in [-0.15, -0.1) is 0 Å². The number of benzene rings is 1. The zero-order valence-electron chi connectivity index (χ0n) is 13.3. The molecule has 2 rings (SSSR count). The van der Waals surface area contributed by atoms with Crippen LogP contribution >= 0.6 is 0 Å². The molecule has 1 aliphatic rings. The molecule has 1 aromatic rings. The number of rotatable bonds is 5. The Morgan fingerprint density at radius 1 is 1.09 bits per heavy atom. The summed E-state index contributed by atoms with van der Waals surface area (Å²) in [5.74, 6) is -0.875. The second kappa shape index (κ2) is 8.31. The molecule has 0 bridgehead atoms. The van der Waals surface area contributed by atoms with Crippen molar-refractivity contribution in [3.63, 3.8) is 0 Å². The third-order valence-corrected chi connectivity index (χ3v) is 3.70. The number of ether oxygens (including phenoxy) is 1. The zero-order chi connectivity index (χ0) is 16.7. The number of nitrogens with zero attached hydrogens (tertiary/aromatic N) is 1. The molecule has 124 valence electrons.